The molecule has 0 bridgehead atoms. The van der Waals surface area contributed by atoms with Crippen molar-refractivity contribution in [3.8, 4) is 0 Å². The van der Waals surface area contributed by atoms with Gasteiger partial charge >= 0.3 is 5.97 Å². The SMILES string of the molecule is O=C(O)c1ccccc1NS(=O)(=O)c1ccc(F)cc1. The van der Waals surface area contributed by atoms with Crippen molar-refractivity contribution in [2.24, 2.45) is 0 Å². The van der Waals surface area contributed by atoms with Crippen LogP contribution >= 0.6 is 0 Å². The molecule has 0 fully saturated rings. The molecule has 2 N–H and O–H groups in total. The second-order valence-corrected chi connectivity index (χ2v) is 5.59. The summed E-state index contributed by atoms with van der Waals surface area (Å²) in [5, 5.41) is 8.99. The predicted octanol–water partition coefficient (Wildman–Crippen LogP) is 2.32. The maximum Gasteiger partial charge on any atom is 0.337 e. The number of carbonyl (C=O) groups is 1. The molecular formula is C13H10FNO4S. The number of halogens is 1. The molecule has 0 amide bonds. The van der Waals surface area contributed by atoms with E-state index in [4.69, 9.17) is 5.11 Å². The molecule has 0 aliphatic rings. The minimum atomic E-state index is -3.97. The smallest absolute Gasteiger partial charge is 0.337 e. The second-order valence-electron chi connectivity index (χ2n) is 3.91. The Morgan fingerprint density at radius 1 is 1.05 bits per heavy atom. The number of hydrogen-bond donors (Lipinski definition) is 2. The Hall–Kier alpha value is -2.41. The molecule has 0 aromatic heterocycles. The highest BCUT2D eigenvalue weighted by Crippen LogP contribution is 2.20. The van der Waals surface area contributed by atoms with Crippen molar-refractivity contribution in [3.63, 3.8) is 0 Å². The Labute approximate surface area is 114 Å². The van der Waals surface area contributed by atoms with E-state index < -0.39 is 21.8 Å². The molecule has 0 atom stereocenters. The predicted molar refractivity (Wildman–Crippen MR) is 70.6 cm³/mol. The van der Waals surface area contributed by atoms with Crippen molar-refractivity contribution in [1.29, 1.82) is 0 Å². The van der Waals surface area contributed by atoms with Gasteiger partial charge in [-0.15, -0.1) is 0 Å². The van der Waals surface area contributed by atoms with Crippen molar-refractivity contribution < 1.29 is 22.7 Å². The molecule has 2 aromatic rings. The summed E-state index contributed by atoms with van der Waals surface area (Å²) in [6.07, 6.45) is 0. The molecule has 104 valence electrons. The van der Waals surface area contributed by atoms with Crippen molar-refractivity contribution in [2.45, 2.75) is 4.90 Å². The van der Waals surface area contributed by atoms with E-state index in [-0.39, 0.29) is 16.1 Å². The van der Waals surface area contributed by atoms with Crippen LogP contribution in [0.2, 0.25) is 0 Å². The highest BCUT2D eigenvalue weighted by molar-refractivity contribution is 7.92. The maximum absolute atomic E-state index is 12.8. The zero-order valence-corrected chi connectivity index (χ0v) is 10.9. The lowest BCUT2D eigenvalue weighted by Gasteiger charge is -2.10. The van der Waals surface area contributed by atoms with E-state index in [1.807, 2.05) is 0 Å². The van der Waals surface area contributed by atoms with Crippen LogP contribution in [0.25, 0.3) is 0 Å². The topological polar surface area (TPSA) is 83.5 Å². The fraction of sp³-hybridized carbons (Fsp3) is 0. The van der Waals surface area contributed by atoms with Gasteiger partial charge in [0.05, 0.1) is 16.1 Å². The molecule has 2 aromatic carbocycles. The Balaban J connectivity index is 2.38. The number of nitrogens with one attached hydrogen (secondary N) is 1. The van der Waals surface area contributed by atoms with Crippen molar-refractivity contribution in [1.82, 2.24) is 0 Å². The van der Waals surface area contributed by atoms with E-state index >= 15 is 0 Å². The molecule has 5 nitrogen and oxygen atoms in total. The Kier molecular flexibility index (Phi) is 3.71. The van der Waals surface area contributed by atoms with Crippen LogP contribution in [-0.4, -0.2) is 19.5 Å². The van der Waals surface area contributed by atoms with Crippen LogP contribution in [0.3, 0.4) is 0 Å². The first-order chi connectivity index (χ1) is 9.40. The van der Waals surface area contributed by atoms with Gasteiger partial charge in [0.15, 0.2) is 0 Å². The average Bonchev–Trinajstić information content (AvgIpc) is 2.39. The van der Waals surface area contributed by atoms with Gasteiger partial charge in [-0.05, 0) is 36.4 Å². The van der Waals surface area contributed by atoms with Crippen LogP contribution in [-0.2, 0) is 10.0 Å². The molecular weight excluding hydrogens is 285 g/mol. The van der Waals surface area contributed by atoms with E-state index in [0.29, 0.717) is 0 Å². The molecule has 0 saturated carbocycles. The number of carboxylic acids is 1. The van der Waals surface area contributed by atoms with Gasteiger partial charge in [-0.25, -0.2) is 17.6 Å². The first kappa shape index (κ1) is 14.0. The number of benzene rings is 2. The highest BCUT2D eigenvalue weighted by Gasteiger charge is 2.18. The maximum atomic E-state index is 12.8. The standard InChI is InChI=1S/C13H10FNO4S/c14-9-5-7-10(8-6-9)20(18,19)15-12-4-2-1-3-11(12)13(16)17/h1-8,15H,(H,16,17). The lowest BCUT2D eigenvalue weighted by molar-refractivity contribution is 0.0698. The summed E-state index contributed by atoms with van der Waals surface area (Å²) in [7, 11) is -3.97. The summed E-state index contributed by atoms with van der Waals surface area (Å²) in [6.45, 7) is 0. The van der Waals surface area contributed by atoms with Gasteiger partial charge in [0.2, 0.25) is 0 Å². The van der Waals surface area contributed by atoms with Gasteiger partial charge in [0.25, 0.3) is 10.0 Å². The molecule has 0 aliphatic heterocycles. The Morgan fingerprint density at radius 2 is 1.65 bits per heavy atom. The van der Waals surface area contributed by atoms with Crippen LogP contribution in [0.5, 0.6) is 0 Å². The molecule has 0 saturated heterocycles. The molecule has 0 heterocycles. The van der Waals surface area contributed by atoms with E-state index in [9.17, 15) is 17.6 Å². The van der Waals surface area contributed by atoms with E-state index in [2.05, 4.69) is 4.72 Å². The zero-order chi connectivity index (χ0) is 14.8. The Bertz CT molecular complexity index is 741. The third-order valence-electron chi connectivity index (χ3n) is 2.53. The minimum Gasteiger partial charge on any atom is -0.478 e. The summed E-state index contributed by atoms with van der Waals surface area (Å²) in [4.78, 5) is 10.9. The summed E-state index contributed by atoms with van der Waals surface area (Å²) >= 11 is 0. The number of carboxylic acid groups (broad SMARTS) is 1. The van der Waals surface area contributed by atoms with Gasteiger partial charge in [-0.2, -0.15) is 0 Å². The molecule has 0 radical (unpaired) electrons. The van der Waals surface area contributed by atoms with Crippen LogP contribution in [0, 0.1) is 5.82 Å². The average molecular weight is 295 g/mol. The number of rotatable bonds is 4. The normalized spacial score (nSPS) is 11.1. The fourth-order valence-corrected chi connectivity index (χ4v) is 2.66. The molecule has 2 rings (SSSR count). The van der Waals surface area contributed by atoms with E-state index in [0.717, 1.165) is 24.3 Å². The quantitative estimate of drug-likeness (QED) is 0.906. The van der Waals surface area contributed by atoms with Crippen molar-refractivity contribution in [3.05, 3.63) is 59.9 Å². The van der Waals surface area contributed by atoms with Crippen LogP contribution < -0.4 is 4.72 Å². The summed E-state index contributed by atoms with van der Waals surface area (Å²) in [5.74, 6) is -1.81. The molecule has 0 aliphatic carbocycles. The monoisotopic (exact) mass is 295 g/mol. The molecule has 0 spiro atoms. The lowest BCUT2D eigenvalue weighted by atomic mass is 10.2. The summed E-state index contributed by atoms with van der Waals surface area (Å²) in [6, 6.07) is 9.83. The number of sulfonamides is 1. The summed E-state index contributed by atoms with van der Waals surface area (Å²) in [5.41, 5.74) is -0.220. The Morgan fingerprint density at radius 3 is 2.25 bits per heavy atom. The second kappa shape index (κ2) is 5.30. The van der Waals surface area contributed by atoms with Crippen LogP contribution in [0.1, 0.15) is 10.4 Å². The van der Waals surface area contributed by atoms with E-state index in [1.165, 1.54) is 24.3 Å². The van der Waals surface area contributed by atoms with Gasteiger partial charge in [0.1, 0.15) is 5.82 Å². The number of aromatic carboxylic acids is 1. The third-order valence-corrected chi connectivity index (χ3v) is 3.91. The fourth-order valence-electron chi connectivity index (χ4n) is 1.58. The number of hydrogen-bond acceptors (Lipinski definition) is 3. The minimum absolute atomic E-state index is 0.0516. The highest BCUT2D eigenvalue weighted by atomic mass is 32.2. The van der Waals surface area contributed by atoms with Gasteiger partial charge < -0.3 is 5.11 Å². The van der Waals surface area contributed by atoms with Crippen molar-refractivity contribution in [2.75, 3.05) is 4.72 Å². The number of anilines is 1. The molecule has 0 unspecified atom stereocenters. The van der Waals surface area contributed by atoms with Crippen molar-refractivity contribution >= 4 is 21.7 Å². The van der Waals surface area contributed by atoms with Crippen LogP contribution in [0.15, 0.2) is 53.4 Å². The van der Waals surface area contributed by atoms with Gasteiger partial charge in [-0.1, -0.05) is 12.1 Å². The molecule has 7 heteroatoms. The zero-order valence-electron chi connectivity index (χ0n) is 10.1. The lowest BCUT2D eigenvalue weighted by Crippen LogP contribution is -2.15. The van der Waals surface area contributed by atoms with Crippen LogP contribution in [0.4, 0.5) is 10.1 Å². The van der Waals surface area contributed by atoms with Gasteiger partial charge in [-0.3, -0.25) is 4.72 Å². The largest absolute Gasteiger partial charge is 0.478 e. The molecule has 20 heavy (non-hydrogen) atoms. The third kappa shape index (κ3) is 2.94. The summed E-state index contributed by atoms with van der Waals surface area (Å²) < 4.78 is 39.1. The number of para-hydroxylation sites is 1. The first-order valence-corrected chi connectivity index (χ1v) is 6.99. The first-order valence-electron chi connectivity index (χ1n) is 5.51. The van der Waals surface area contributed by atoms with E-state index in [1.54, 1.807) is 0 Å². The van der Waals surface area contributed by atoms with Gasteiger partial charge in [0, 0.05) is 0 Å².